The number of nitrogens with two attached hydrogens (primary N) is 1. The first kappa shape index (κ1) is 13.9. The van der Waals surface area contributed by atoms with Gasteiger partial charge in [-0.2, -0.15) is 5.10 Å². The summed E-state index contributed by atoms with van der Waals surface area (Å²) in [6.45, 7) is 2.67. The van der Waals surface area contributed by atoms with Crippen molar-refractivity contribution in [2.24, 2.45) is 7.05 Å². The van der Waals surface area contributed by atoms with Crippen LogP contribution in [0.5, 0.6) is 5.75 Å². The molecule has 0 radical (unpaired) electrons. The molecule has 106 valence electrons. The lowest BCUT2D eigenvalue weighted by atomic mass is 10.1. The minimum atomic E-state index is -0.229. The Hall–Kier alpha value is -2.57. The van der Waals surface area contributed by atoms with Crippen molar-refractivity contribution in [3.8, 4) is 5.75 Å². The molecule has 1 heterocycles. The first-order valence-corrected chi connectivity index (χ1v) is 6.25. The Kier molecular flexibility index (Phi) is 4.19. The number of nitrogens with zero attached hydrogens (tertiary/aromatic N) is 3. The summed E-state index contributed by atoms with van der Waals surface area (Å²) in [6, 6.07) is 4.95. The van der Waals surface area contributed by atoms with Gasteiger partial charge in [0.2, 0.25) is 0 Å². The van der Waals surface area contributed by atoms with Gasteiger partial charge in [0.15, 0.2) is 5.82 Å². The van der Waals surface area contributed by atoms with Gasteiger partial charge in [-0.15, -0.1) is 0 Å². The number of amides is 1. The third-order valence-electron chi connectivity index (χ3n) is 2.63. The van der Waals surface area contributed by atoms with Crippen molar-refractivity contribution < 1.29 is 9.53 Å². The lowest BCUT2D eigenvalue weighted by Gasteiger charge is -2.08. The summed E-state index contributed by atoms with van der Waals surface area (Å²) in [5, 5.41) is 6.81. The van der Waals surface area contributed by atoms with Gasteiger partial charge >= 0.3 is 0 Å². The fraction of sp³-hybridized carbons (Fsp3) is 0.308. The number of anilines is 1. The molecule has 3 N–H and O–H groups in total. The van der Waals surface area contributed by atoms with E-state index in [0.717, 1.165) is 0 Å². The van der Waals surface area contributed by atoms with Crippen molar-refractivity contribution in [1.29, 1.82) is 0 Å². The van der Waals surface area contributed by atoms with Crippen LogP contribution in [-0.4, -0.2) is 27.3 Å². The van der Waals surface area contributed by atoms with E-state index in [9.17, 15) is 4.79 Å². The molecule has 7 heteroatoms. The van der Waals surface area contributed by atoms with Gasteiger partial charge in [-0.05, 0) is 25.1 Å². The number of nitrogens with one attached hydrogen (secondary N) is 1. The van der Waals surface area contributed by atoms with Crippen molar-refractivity contribution in [1.82, 2.24) is 20.1 Å². The Morgan fingerprint density at radius 1 is 1.50 bits per heavy atom. The summed E-state index contributed by atoms with van der Waals surface area (Å²) < 4.78 is 6.90. The second-order valence-corrected chi connectivity index (χ2v) is 4.20. The Morgan fingerprint density at radius 3 is 2.90 bits per heavy atom. The molecule has 0 fully saturated rings. The van der Waals surface area contributed by atoms with Crippen molar-refractivity contribution in [2.75, 3.05) is 12.3 Å². The topological polar surface area (TPSA) is 95.1 Å². The molecule has 0 spiro atoms. The molecule has 1 aromatic heterocycles. The molecule has 7 nitrogen and oxygen atoms in total. The minimum Gasteiger partial charge on any atom is -0.492 e. The molecule has 2 aromatic rings. The standard InChI is InChI=1S/C13H17N5O2/c1-3-20-11-5-4-9(6-10(11)14)13(19)15-7-12-16-8-18(2)17-12/h4-6,8H,3,7,14H2,1-2H3,(H,15,19). The number of benzene rings is 1. The number of aryl methyl sites for hydroxylation is 1. The molecule has 1 aromatic carbocycles. The number of nitrogen functional groups attached to an aromatic ring is 1. The van der Waals surface area contributed by atoms with Crippen molar-refractivity contribution in [2.45, 2.75) is 13.5 Å². The van der Waals surface area contributed by atoms with Crippen LogP contribution in [-0.2, 0) is 13.6 Å². The Bertz CT molecular complexity index is 609. The van der Waals surface area contributed by atoms with Crippen LogP contribution in [0.3, 0.4) is 0 Å². The third-order valence-corrected chi connectivity index (χ3v) is 2.63. The Balaban J connectivity index is 2.00. The maximum absolute atomic E-state index is 12.0. The summed E-state index contributed by atoms with van der Waals surface area (Å²) in [6.07, 6.45) is 1.58. The highest BCUT2D eigenvalue weighted by atomic mass is 16.5. The summed E-state index contributed by atoms with van der Waals surface area (Å²) in [5.41, 5.74) is 6.74. The number of carbonyl (C=O) groups is 1. The second kappa shape index (κ2) is 6.05. The molecule has 0 saturated heterocycles. The van der Waals surface area contributed by atoms with Gasteiger partial charge in [-0.3, -0.25) is 9.48 Å². The smallest absolute Gasteiger partial charge is 0.251 e. The summed E-state index contributed by atoms with van der Waals surface area (Å²) >= 11 is 0. The monoisotopic (exact) mass is 275 g/mol. The van der Waals surface area contributed by atoms with Crippen LogP contribution in [0.15, 0.2) is 24.5 Å². The summed E-state index contributed by atoms with van der Waals surface area (Å²) in [5.74, 6) is 0.905. The SMILES string of the molecule is CCOc1ccc(C(=O)NCc2ncn(C)n2)cc1N. The average Bonchev–Trinajstić information content (AvgIpc) is 2.84. The van der Waals surface area contributed by atoms with Crippen LogP contribution < -0.4 is 15.8 Å². The fourth-order valence-electron chi connectivity index (χ4n) is 1.70. The molecular weight excluding hydrogens is 258 g/mol. The normalized spacial score (nSPS) is 10.3. The van der Waals surface area contributed by atoms with Crippen LogP contribution >= 0.6 is 0 Å². The van der Waals surface area contributed by atoms with Gasteiger partial charge < -0.3 is 15.8 Å². The lowest BCUT2D eigenvalue weighted by Crippen LogP contribution is -2.23. The first-order chi connectivity index (χ1) is 9.60. The van der Waals surface area contributed by atoms with Gasteiger partial charge in [-0.1, -0.05) is 0 Å². The van der Waals surface area contributed by atoms with Crippen LogP contribution in [0.25, 0.3) is 0 Å². The van der Waals surface area contributed by atoms with Gasteiger partial charge in [0.05, 0.1) is 18.8 Å². The summed E-state index contributed by atoms with van der Waals surface area (Å²) in [7, 11) is 1.77. The third kappa shape index (κ3) is 3.25. The highest BCUT2D eigenvalue weighted by molar-refractivity contribution is 5.95. The molecule has 0 saturated carbocycles. The van der Waals surface area contributed by atoms with Gasteiger partial charge in [0.1, 0.15) is 12.1 Å². The zero-order valence-corrected chi connectivity index (χ0v) is 11.5. The van der Waals surface area contributed by atoms with E-state index in [1.165, 1.54) is 0 Å². The van der Waals surface area contributed by atoms with E-state index in [4.69, 9.17) is 10.5 Å². The fourth-order valence-corrected chi connectivity index (χ4v) is 1.70. The number of rotatable bonds is 5. The van der Waals surface area contributed by atoms with Crippen LogP contribution in [0.2, 0.25) is 0 Å². The van der Waals surface area contributed by atoms with Gasteiger partial charge in [0.25, 0.3) is 5.91 Å². The molecular formula is C13H17N5O2. The predicted molar refractivity (Wildman–Crippen MR) is 74.2 cm³/mol. The van der Waals surface area contributed by atoms with Crippen molar-refractivity contribution in [3.63, 3.8) is 0 Å². The Morgan fingerprint density at radius 2 is 2.30 bits per heavy atom. The van der Waals surface area contributed by atoms with E-state index >= 15 is 0 Å². The highest BCUT2D eigenvalue weighted by Gasteiger charge is 2.09. The van der Waals surface area contributed by atoms with Gasteiger partial charge in [-0.25, -0.2) is 4.98 Å². The number of aromatic nitrogens is 3. The second-order valence-electron chi connectivity index (χ2n) is 4.20. The molecule has 0 aliphatic heterocycles. The van der Waals surface area contributed by atoms with E-state index < -0.39 is 0 Å². The van der Waals surface area contributed by atoms with E-state index in [2.05, 4.69) is 15.4 Å². The minimum absolute atomic E-state index is 0.229. The number of hydrogen-bond donors (Lipinski definition) is 2. The van der Waals surface area contributed by atoms with E-state index in [0.29, 0.717) is 29.4 Å². The highest BCUT2D eigenvalue weighted by Crippen LogP contribution is 2.22. The molecule has 0 unspecified atom stereocenters. The molecule has 0 aliphatic rings. The number of ether oxygens (including phenoxy) is 1. The van der Waals surface area contributed by atoms with E-state index in [1.807, 2.05) is 6.92 Å². The molecule has 1 amide bonds. The molecule has 0 bridgehead atoms. The lowest BCUT2D eigenvalue weighted by molar-refractivity contribution is 0.0950. The molecule has 0 atom stereocenters. The Labute approximate surface area is 116 Å². The van der Waals surface area contributed by atoms with Crippen LogP contribution in [0, 0.1) is 0 Å². The van der Waals surface area contributed by atoms with Crippen molar-refractivity contribution >= 4 is 11.6 Å². The molecule has 0 aliphatic carbocycles. The van der Waals surface area contributed by atoms with Crippen LogP contribution in [0.1, 0.15) is 23.1 Å². The maximum atomic E-state index is 12.0. The largest absolute Gasteiger partial charge is 0.492 e. The average molecular weight is 275 g/mol. The van der Waals surface area contributed by atoms with Crippen molar-refractivity contribution in [3.05, 3.63) is 35.9 Å². The molecule has 2 rings (SSSR count). The zero-order chi connectivity index (χ0) is 14.5. The molecule has 20 heavy (non-hydrogen) atoms. The van der Waals surface area contributed by atoms with E-state index in [1.54, 1.807) is 36.3 Å². The predicted octanol–water partition coefficient (Wildman–Crippen LogP) is 0.726. The first-order valence-electron chi connectivity index (χ1n) is 6.25. The number of carbonyl (C=O) groups excluding carboxylic acids is 1. The quantitative estimate of drug-likeness (QED) is 0.784. The zero-order valence-electron chi connectivity index (χ0n) is 11.5. The number of hydrogen-bond acceptors (Lipinski definition) is 5. The van der Waals surface area contributed by atoms with Gasteiger partial charge in [0, 0.05) is 12.6 Å². The summed E-state index contributed by atoms with van der Waals surface area (Å²) in [4.78, 5) is 16.0. The van der Waals surface area contributed by atoms with Crippen LogP contribution in [0.4, 0.5) is 5.69 Å². The van der Waals surface area contributed by atoms with E-state index in [-0.39, 0.29) is 12.5 Å². The maximum Gasteiger partial charge on any atom is 0.251 e.